The van der Waals surface area contributed by atoms with Gasteiger partial charge in [-0.15, -0.1) is 10.2 Å². The quantitative estimate of drug-likeness (QED) is 0.482. The van der Waals surface area contributed by atoms with Gasteiger partial charge in [-0.3, -0.25) is 9.48 Å². The van der Waals surface area contributed by atoms with Gasteiger partial charge in [-0.05, 0) is 48.0 Å². The molecular weight excluding hydrogens is 385 g/mol. The Balaban J connectivity index is 1.42. The molecule has 4 aromatic rings. The Bertz CT molecular complexity index is 1160. The van der Waals surface area contributed by atoms with Crippen LogP contribution in [-0.2, 0) is 18.3 Å². The summed E-state index contributed by atoms with van der Waals surface area (Å²) in [5.74, 6) is 0.0265. The molecule has 0 aliphatic rings. The van der Waals surface area contributed by atoms with Crippen molar-refractivity contribution in [2.24, 2.45) is 7.05 Å². The Labute approximate surface area is 171 Å². The Hall–Kier alpha value is -4.14. The number of tetrazole rings is 1. The number of nitrogens with one attached hydrogen (secondary N) is 2. The van der Waals surface area contributed by atoms with Crippen LogP contribution in [0.2, 0.25) is 0 Å². The first-order chi connectivity index (χ1) is 14.6. The molecule has 4 rings (SSSR count). The van der Waals surface area contributed by atoms with Crippen LogP contribution in [0, 0.1) is 5.82 Å². The van der Waals surface area contributed by atoms with Gasteiger partial charge >= 0.3 is 0 Å². The van der Waals surface area contributed by atoms with Crippen molar-refractivity contribution in [1.82, 2.24) is 30.4 Å². The highest BCUT2D eigenvalue weighted by molar-refractivity contribution is 6.02. The van der Waals surface area contributed by atoms with Gasteiger partial charge < -0.3 is 5.32 Å². The van der Waals surface area contributed by atoms with E-state index in [1.807, 2.05) is 24.3 Å². The second kappa shape index (κ2) is 8.48. The maximum atomic E-state index is 13.2. The van der Waals surface area contributed by atoms with E-state index >= 15 is 0 Å². The zero-order valence-electron chi connectivity index (χ0n) is 16.1. The van der Waals surface area contributed by atoms with Crippen LogP contribution < -0.4 is 5.32 Å². The third kappa shape index (κ3) is 4.46. The SMILES string of the molecule is Cn1ncc(C=CC(=O)Nc2ccc(Cc3nn[nH]n3)cc2)c1-c1ccc(F)cc1. The number of hydrogen-bond donors (Lipinski definition) is 2. The fourth-order valence-electron chi connectivity index (χ4n) is 3.03. The Morgan fingerprint density at radius 2 is 1.93 bits per heavy atom. The van der Waals surface area contributed by atoms with Crippen LogP contribution in [0.25, 0.3) is 17.3 Å². The predicted octanol–water partition coefficient (Wildman–Crippen LogP) is 2.98. The smallest absolute Gasteiger partial charge is 0.248 e. The summed E-state index contributed by atoms with van der Waals surface area (Å²) in [7, 11) is 1.80. The van der Waals surface area contributed by atoms with Crippen molar-refractivity contribution < 1.29 is 9.18 Å². The van der Waals surface area contributed by atoms with Crippen molar-refractivity contribution in [3.8, 4) is 11.3 Å². The molecular formula is C21H18FN7O. The molecule has 0 fully saturated rings. The first-order valence-electron chi connectivity index (χ1n) is 9.17. The molecule has 0 radical (unpaired) electrons. The summed E-state index contributed by atoms with van der Waals surface area (Å²) in [5.41, 5.74) is 4.05. The summed E-state index contributed by atoms with van der Waals surface area (Å²) in [5, 5.41) is 20.8. The number of aromatic nitrogens is 6. The lowest BCUT2D eigenvalue weighted by Crippen LogP contribution is -2.07. The number of anilines is 1. The van der Waals surface area contributed by atoms with Crippen LogP contribution in [0.5, 0.6) is 0 Å². The minimum absolute atomic E-state index is 0.269. The van der Waals surface area contributed by atoms with Gasteiger partial charge in [0.2, 0.25) is 5.91 Å². The number of aromatic amines is 1. The van der Waals surface area contributed by atoms with Crippen LogP contribution >= 0.6 is 0 Å². The van der Waals surface area contributed by atoms with Gasteiger partial charge in [0, 0.05) is 36.4 Å². The van der Waals surface area contributed by atoms with Crippen molar-refractivity contribution >= 4 is 17.7 Å². The lowest BCUT2D eigenvalue weighted by atomic mass is 10.1. The van der Waals surface area contributed by atoms with E-state index in [1.165, 1.54) is 18.2 Å². The first-order valence-corrected chi connectivity index (χ1v) is 9.17. The molecule has 1 amide bonds. The monoisotopic (exact) mass is 403 g/mol. The second-order valence-corrected chi connectivity index (χ2v) is 6.60. The van der Waals surface area contributed by atoms with E-state index in [9.17, 15) is 9.18 Å². The summed E-state index contributed by atoms with van der Waals surface area (Å²) in [4.78, 5) is 12.3. The fourth-order valence-corrected chi connectivity index (χ4v) is 3.03. The number of carbonyl (C=O) groups is 1. The topological polar surface area (TPSA) is 101 Å². The number of halogens is 1. The van der Waals surface area contributed by atoms with Crippen molar-refractivity contribution in [2.75, 3.05) is 5.32 Å². The zero-order chi connectivity index (χ0) is 20.9. The van der Waals surface area contributed by atoms with Gasteiger partial charge in [-0.1, -0.05) is 17.3 Å². The van der Waals surface area contributed by atoms with Gasteiger partial charge in [0.05, 0.1) is 11.9 Å². The summed E-state index contributed by atoms with van der Waals surface area (Å²) in [6.45, 7) is 0. The van der Waals surface area contributed by atoms with E-state index in [0.29, 0.717) is 17.9 Å². The van der Waals surface area contributed by atoms with E-state index in [1.54, 1.807) is 36.1 Å². The molecule has 0 saturated carbocycles. The van der Waals surface area contributed by atoms with Gasteiger partial charge in [-0.2, -0.15) is 10.3 Å². The van der Waals surface area contributed by atoms with Crippen LogP contribution in [-0.4, -0.2) is 36.3 Å². The van der Waals surface area contributed by atoms with Gasteiger partial charge in [0.25, 0.3) is 0 Å². The van der Waals surface area contributed by atoms with Crippen LogP contribution in [0.3, 0.4) is 0 Å². The molecule has 0 aliphatic carbocycles. The molecule has 150 valence electrons. The van der Waals surface area contributed by atoms with Gasteiger partial charge in [-0.25, -0.2) is 4.39 Å². The third-order valence-electron chi connectivity index (χ3n) is 4.47. The molecule has 2 aromatic heterocycles. The third-order valence-corrected chi connectivity index (χ3v) is 4.47. The molecule has 2 aromatic carbocycles. The van der Waals surface area contributed by atoms with E-state index in [-0.39, 0.29) is 11.7 Å². The Morgan fingerprint density at radius 3 is 2.63 bits per heavy atom. The molecule has 0 aliphatic heterocycles. The van der Waals surface area contributed by atoms with Gasteiger partial charge in [0.15, 0.2) is 5.82 Å². The summed E-state index contributed by atoms with van der Waals surface area (Å²) < 4.78 is 14.9. The largest absolute Gasteiger partial charge is 0.323 e. The molecule has 8 nitrogen and oxygen atoms in total. The minimum Gasteiger partial charge on any atom is -0.323 e. The fraction of sp³-hybridized carbons (Fsp3) is 0.0952. The maximum absolute atomic E-state index is 13.2. The van der Waals surface area contributed by atoms with Crippen molar-refractivity contribution in [2.45, 2.75) is 6.42 Å². The van der Waals surface area contributed by atoms with Crippen molar-refractivity contribution in [3.05, 3.63) is 83.6 Å². The molecule has 9 heteroatoms. The molecule has 0 atom stereocenters. The number of amides is 1. The van der Waals surface area contributed by atoms with E-state index in [0.717, 1.165) is 22.4 Å². The van der Waals surface area contributed by atoms with Gasteiger partial charge in [0.1, 0.15) is 5.82 Å². The molecule has 0 saturated heterocycles. The maximum Gasteiger partial charge on any atom is 0.248 e. The number of hydrogen-bond acceptors (Lipinski definition) is 5. The predicted molar refractivity (Wildman–Crippen MR) is 110 cm³/mol. The lowest BCUT2D eigenvalue weighted by molar-refractivity contribution is -0.111. The average molecular weight is 403 g/mol. The number of H-pyrrole nitrogens is 1. The number of benzene rings is 2. The normalized spacial score (nSPS) is 11.1. The highest BCUT2D eigenvalue weighted by atomic mass is 19.1. The van der Waals surface area contributed by atoms with Crippen LogP contribution in [0.1, 0.15) is 17.0 Å². The van der Waals surface area contributed by atoms with E-state index in [2.05, 4.69) is 31.0 Å². The van der Waals surface area contributed by atoms with Crippen LogP contribution in [0.15, 0.2) is 60.8 Å². The molecule has 30 heavy (non-hydrogen) atoms. The molecule has 0 spiro atoms. The number of carbonyl (C=O) groups excluding carboxylic acids is 1. The molecule has 2 heterocycles. The van der Waals surface area contributed by atoms with E-state index in [4.69, 9.17) is 0 Å². The molecule has 0 unspecified atom stereocenters. The number of rotatable bonds is 6. The summed E-state index contributed by atoms with van der Waals surface area (Å²) in [6, 6.07) is 13.6. The summed E-state index contributed by atoms with van der Waals surface area (Å²) in [6.07, 6.45) is 5.34. The number of aryl methyl sites for hydroxylation is 1. The standard InChI is InChI=1S/C21H18FN7O/c1-29-21(15-4-7-17(22)8-5-15)16(13-23-29)6-11-20(30)24-18-9-2-14(3-10-18)12-19-25-27-28-26-19/h2-11,13H,12H2,1H3,(H,24,30)(H,25,26,27,28). The average Bonchev–Trinajstić information content (AvgIpc) is 3.38. The molecule has 2 N–H and O–H groups in total. The summed E-state index contributed by atoms with van der Waals surface area (Å²) >= 11 is 0. The lowest BCUT2D eigenvalue weighted by Gasteiger charge is -2.05. The first kappa shape index (κ1) is 19.2. The second-order valence-electron chi connectivity index (χ2n) is 6.60. The highest BCUT2D eigenvalue weighted by Crippen LogP contribution is 2.24. The number of nitrogens with zero attached hydrogens (tertiary/aromatic N) is 5. The zero-order valence-corrected chi connectivity index (χ0v) is 16.1. The highest BCUT2D eigenvalue weighted by Gasteiger charge is 2.09. The Kier molecular flexibility index (Phi) is 5.42. The minimum atomic E-state index is -0.305. The van der Waals surface area contributed by atoms with E-state index < -0.39 is 0 Å². The van der Waals surface area contributed by atoms with Crippen molar-refractivity contribution in [1.29, 1.82) is 0 Å². The Morgan fingerprint density at radius 1 is 1.17 bits per heavy atom. The van der Waals surface area contributed by atoms with Crippen molar-refractivity contribution in [3.63, 3.8) is 0 Å². The molecule has 0 bridgehead atoms. The van der Waals surface area contributed by atoms with Crippen LogP contribution in [0.4, 0.5) is 10.1 Å².